The van der Waals surface area contributed by atoms with Crippen LogP contribution in [0, 0.1) is 5.92 Å². The monoisotopic (exact) mass is 445 g/mol. The largest absolute Gasteiger partial charge is 0.480 e. The number of benzene rings is 1. The lowest BCUT2D eigenvalue weighted by atomic mass is 9.91. The van der Waals surface area contributed by atoms with Crippen LogP contribution in [-0.4, -0.2) is 81.0 Å². The lowest BCUT2D eigenvalue weighted by Crippen LogP contribution is -2.58. The van der Waals surface area contributed by atoms with Gasteiger partial charge in [-0.3, -0.25) is 19.7 Å². The van der Waals surface area contributed by atoms with Crippen LogP contribution in [0.5, 0.6) is 0 Å². The molecule has 1 aromatic rings. The molecular formula is C23H31N3O6. The van der Waals surface area contributed by atoms with Crippen LogP contribution in [0.2, 0.25) is 0 Å². The molecule has 2 heterocycles. The second-order valence-electron chi connectivity index (χ2n) is 8.72. The summed E-state index contributed by atoms with van der Waals surface area (Å²) in [5.74, 6) is -2.67. The molecule has 1 aromatic carbocycles. The van der Waals surface area contributed by atoms with Crippen molar-refractivity contribution in [3.63, 3.8) is 0 Å². The number of piperidine rings is 1. The molecule has 3 rings (SSSR count). The van der Waals surface area contributed by atoms with Crippen molar-refractivity contribution in [2.24, 2.45) is 5.92 Å². The summed E-state index contributed by atoms with van der Waals surface area (Å²) in [4.78, 5) is 51.9. The molecule has 0 unspecified atom stereocenters. The molecule has 0 aromatic heterocycles. The Morgan fingerprint density at radius 1 is 1.16 bits per heavy atom. The van der Waals surface area contributed by atoms with Gasteiger partial charge in [-0.25, -0.2) is 4.79 Å². The number of amides is 2. The molecule has 0 radical (unpaired) electrons. The van der Waals surface area contributed by atoms with Crippen molar-refractivity contribution in [2.75, 3.05) is 13.1 Å². The highest BCUT2D eigenvalue weighted by Crippen LogP contribution is 2.36. The van der Waals surface area contributed by atoms with Gasteiger partial charge in [0.05, 0.1) is 12.1 Å². The summed E-state index contributed by atoms with van der Waals surface area (Å²) in [6.45, 7) is 3.89. The number of carboxylic acid groups (broad SMARTS) is 2. The molecule has 2 fully saturated rings. The third-order valence-corrected chi connectivity index (χ3v) is 6.61. The first-order valence-electron chi connectivity index (χ1n) is 11.0. The SMILES string of the molecule is CC(=O)N1CC[C@@H]2C[C@H](C(=O)O)N(C(=O)[C@@H](C)N[C@H](CCc3ccccc3)C(=O)O)[C@H]2C1. The smallest absolute Gasteiger partial charge is 0.326 e. The van der Waals surface area contributed by atoms with Crippen molar-refractivity contribution in [3.05, 3.63) is 35.9 Å². The molecule has 2 saturated heterocycles. The molecule has 3 N–H and O–H groups in total. The number of carbonyl (C=O) groups is 4. The zero-order chi connectivity index (χ0) is 23.4. The molecule has 174 valence electrons. The molecule has 2 aliphatic heterocycles. The summed E-state index contributed by atoms with van der Waals surface area (Å²) >= 11 is 0. The molecule has 2 amide bonds. The maximum Gasteiger partial charge on any atom is 0.326 e. The second-order valence-corrected chi connectivity index (χ2v) is 8.72. The number of carbonyl (C=O) groups excluding carboxylic acids is 2. The summed E-state index contributed by atoms with van der Waals surface area (Å²) in [6.07, 6.45) is 1.82. The number of aliphatic carboxylic acids is 2. The van der Waals surface area contributed by atoms with Crippen molar-refractivity contribution in [3.8, 4) is 0 Å². The number of nitrogens with one attached hydrogen (secondary N) is 1. The Morgan fingerprint density at radius 3 is 2.44 bits per heavy atom. The molecule has 0 saturated carbocycles. The van der Waals surface area contributed by atoms with Crippen molar-refractivity contribution < 1.29 is 29.4 Å². The summed E-state index contributed by atoms with van der Waals surface area (Å²) < 4.78 is 0. The van der Waals surface area contributed by atoms with Crippen LogP contribution in [0.25, 0.3) is 0 Å². The van der Waals surface area contributed by atoms with Crippen molar-refractivity contribution in [1.29, 1.82) is 0 Å². The summed E-state index contributed by atoms with van der Waals surface area (Å²) in [7, 11) is 0. The fourth-order valence-corrected chi connectivity index (χ4v) is 4.85. The van der Waals surface area contributed by atoms with E-state index in [2.05, 4.69) is 5.32 Å². The van der Waals surface area contributed by atoms with E-state index < -0.39 is 36.0 Å². The fourth-order valence-electron chi connectivity index (χ4n) is 4.85. The minimum Gasteiger partial charge on any atom is -0.480 e. The molecule has 0 aliphatic carbocycles. The number of hydrogen-bond donors (Lipinski definition) is 3. The van der Waals surface area contributed by atoms with E-state index in [0.717, 1.165) is 5.56 Å². The number of hydrogen-bond acceptors (Lipinski definition) is 5. The van der Waals surface area contributed by atoms with E-state index in [0.29, 0.717) is 38.8 Å². The van der Waals surface area contributed by atoms with E-state index in [1.807, 2.05) is 30.3 Å². The Bertz CT molecular complexity index is 861. The van der Waals surface area contributed by atoms with Gasteiger partial charge in [0.2, 0.25) is 11.8 Å². The van der Waals surface area contributed by atoms with Gasteiger partial charge >= 0.3 is 11.9 Å². The maximum atomic E-state index is 13.3. The quantitative estimate of drug-likeness (QED) is 0.544. The number of rotatable bonds is 8. The van der Waals surface area contributed by atoms with Crippen LogP contribution < -0.4 is 5.32 Å². The Hall–Kier alpha value is -2.94. The first kappa shape index (κ1) is 23.7. The Labute approximate surface area is 187 Å². The Kier molecular flexibility index (Phi) is 7.50. The number of fused-ring (bicyclic) bond motifs is 1. The third kappa shape index (κ3) is 5.27. The average molecular weight is 446 g/mol. The summed E-state index contributed by atoms with van der Waals surface area (Å²) in [5, 5.41) is 22.3. The molecule has 5 atom stereocenters. The fraction of sp³-hybridized carbons (Fsp3) is 0.565. The van der Waals surface area contributed by atoms with Crippen LogP contribution >= 0.6 is 0 Å². The second kappa shape index (κ2) is 10.1. The van der Waals surface area contributed by atoms with Gasteiger partial charge in [-0.2, -0.15) is 0 Å². The van der Waals surface area contributed by atoms with E-state index in [1.165, 1.54) is 11.8 Å². The molecular weight excluding hydrogens is 414 g/mol. The van der Waals surface area contributed by atoms with Crippen LogP contribution in [0.4, 0.5) is 0 Å². The van der Waals surface area contributed by atoms with Gasteiger partial charge in [-0.15, -0.1) is 0 Å². The third-order valence-electron chi connectivity index (χ3n) is 6.61. The first-order chi connectivity index (χ1) is 15.2. The minimum absolute atomic E-state index is 0.0104. The minimum atomic E-state index is -1.08. The Morgan fingerprint density at radius 2 is 1.84 bits per heavy atom. The lowest BCUT2D eigenvalue weighted by molar-refractivity contribution is -0.152. The number of aryl methyl sites for hydroxylation is 1. The molecule has 32 heavy (non-hydrogen) atoms. The van der Waals surface area contributed by atoms with E-state index in [-0.39, 0.29) is 17.9 Å². The van der Waals surface area contributed by atoms with Crippen molar-refractivity contribution in [2.45, 2.75) is 63.7 Å². The van der Waals surface area contributed by atoms with E-state index in [9.17, 15) is 29.4 Å². The number of nitrogens with zero attached hydrogens (tertiary/aromatic N) is 2. The lowest BCUT2D eigenvalue weighted by Gasteiger charge is -2.39. The highest BCUT2D eigenvalue weighted by atomic mass is 16.4. The van der Waals surface area contributed by atoms with Crippen molar-refractivity contribution >= 4 is 23.8 Å². The van der Waals surface area contributed by atoms with Gasteiger partial charge in [-0.1, -0.05) is 30.3 Å². The van der Waals surface area contributed by atoms with Gasteiger partial charge < -0.3 is 20.0 Å². The highest BCUT2D eigenvalue weighted by molar-refractivity contribution is 5.88. The van der Waals surface area contributed by atoms with Gasteiger partial charge in [0.25, 0.3) is 0 Å². The highest BCUT2D eigenvalue weighted by Gasteiger charge is 2.50. The first-order valence-corrected chi connectivity index (χ1v) is 11.0. The predicted molar refractivity (Wildman–Crippen MR) is 116 cm³/mol. The standard InChI is InChI=1S/C23H31N3O6/c1-14(24-18(22(29)30)9-8-16-6-4-3-5-7-16)21(28)26-19(23(31)32)12-17-10-11-25(15(2)27)13-20(17)26/h3-7,14,17-20,24H,8-13H2,1-2H3,(H,29,30)(H,31,32)/t14-,17-,18-,19-,20+/m1/s1. The van der Waals surface area contributed by atoms with E-state index >= 15 is 0 Å². The number of likely N-dealkylation sites (tertiary alicyclic amines) is 2. The van der Waals surface area contributed by atoms with Gasteiger partial charge in [0.1, 0.15) is 12.1 Å². The zero-order valence-corrected chi connectivity index (χ0v) is 18.4. The zero-order valence-electron chi connectivity index (χ0n) is 18.4. The molecule has 9 nitrogen and oxygen atoms in total. The number of carboxylic acids is 2. The van der Waals surface area contributed by atoms with Gasteiger partial charge in [0, 0.05) is 20.0 Å². The molecule has 9 heteroatoms. The summed E-state index contributed by atoms with van der Waals surface area (Å²) in [6, 6.07) is 6.32. The van der Waals surface area contributed by atoms with Gasteiger partial charge in [0.15, 0.2) is 0 Å². The maximum absolute atomic E-state index is 13.3. The van der Waals surface area contributed by atoms with Crippen LogP contribution in [-0.2, 0) is 25.6 Å². The van der Waals surface area contributed by atoms with Crippen LogP contribution in [0.1, 0.15) is 38.7 Å². The van der Waals surface area contributed by atoms with Crippen LogP contribution in [0.15, 0.2) is 30.3 Å². The van der Waals surface area contributed by atoms with E-state index in [1.54, 1.807) is 11.8 Å². The molecule has 0 bridgehead atoms. The van der Waals surface area contributed by atoms with Crippen LogP contribution in [0.3, 0.4) is 0 Å². The Balaban J connectivity index is 1.71. The van der Waals surface area contributed by atoms with Gasteiger partial charge in [-0.05, 0) is 44.1 Å². The molecule has 0 spiro atoms. The van der Waals surface area contributed by atoms with Crippen molar-refractivity contribution in [1.82, 2.24) is 15.1 Å². The summed E-state index contributed by atoms with van der Waals surface area (Å²) in [5.41, 5.74) is 0.999. The normalized spacial score (nSPS) is 24.5. The molecule has 2 aliphatic rings. The predicted octanol–water partition coefficient (Wildman–Crippen LogP) is 0.973. The van der Waals surface area contributed by atoms with E-state index in [4.69, 9.17) is 0 Å². The topological polar surface area (TPSA) is 127 Å². The average Bonchev–Trinajstić information content (AvgIpc) is 3.15.